The predicted molar refractivity (Wildman–Crippen MR) is 77.7 cm³/mol. The van der Waals surface area contributed by atoms with E-state index in [1.165, 1.54) is 0 Å². The minimum Gasteiger partial charge on any atom is -0.341 e. The maximum Gasteiger partial charge on any atom is 0.257 e. The first-order valence-electron chi connectivity index (χ1n) is 7.79. The first kappa shape index (κ1) is 14.1. The fraction of sp³-hybridized carbons (Fsp3) is 0.667. The Bertz CT molecular complexity index is 536. The largest absolute Gasteiger partial charge is 0.341 e. The number of carbonyl (C=O) groups is 2. The quantitative estimate of drug-likeness (QED) is 0.834. The van der Waals surface area contributed by atoms with Crippen molar-refractivity contribution in [1.29, 1.82) is 0 Å². The molecule has 1 aromatic rings. The number of hydrogen-bond donors (Lipinski definition) is 0. The van der Waals surface area contributed by atoms with E-state index >= 15 is 0 Å². The van der Waals surface area contributed by atoms with Gasteiger partial charge in [0.25, 0.3) is 5.91 Å². The second kappa shape index (κ2) is 5.87. The molecule has 0 bridgehead atoms. The van der Waals surface area contributed by atoms with Crippen LogP contribution >= 0.6 is 0 Å². The molecule has 2 heterocycles. The lowest BCUT2D eigenvalue weighted by Crippen LogP contribution is -2.37. The van der Waals surface area contributed by atoms with Crippen molar-refractivity contribution in [3.63, 3.8) is 0 Å². The zero-order valence-electron chi connectivity index (χ0n) is 12.5. The summed E-state index contributed by atoms with van der Waals surface area (Å²) in [7, 11) is 0. The SMILES string of the molecule is CCn1cc(C(=O)N2CCCN(C(=O)C3CC3)CC2)cn1. The topological polar surface area (TPSA) is 58.4 Å². The average Bonchev–Trinajstić information content (AvgIpc) is 3.28. The Kier molecular flexibility index (Phi) is 3.94. The van der Waals surface area contributed by atoms with E-state index in [-0.39, 0.29) is 17.7 Å². The number of amides is 2. The first-order chi connectivity index (χ1) is 10.2. The second-order valence-electron chi connectivity index (χ2n) is 5.83. The van der Waals surface area contributed by atoms with Gasteiger partial charge < -0.3 is 9.80 Å². The van der Waals surface area contributed by atoms with Crippen LogP contribution in [-0.4, -0.2) is 57.6 Å². The zero-order valence-corrected chi connectivity index (χ0v) is 12.5. The lowest BCUT2D eigenvalue weighted by atomic mass is 10.3. The Balaban J connectivity index is 1.61. The van der Waals surface area contributed by atoms with Gasteiger partial charge in [-0.15, -0.1) is 0 Å². The van der Waals surface area contributed by atoms with Crippen molar-refractivity contribution in [2.75, 3.05) is 26.2 Å². The molecule has 114 valence electrons. The number of aromatic nitrogens is 2. The third-order valence-corrected chi connectivity index (χ3v) is 4.23. The lowest BCUT2D eigenvalue weighted by molar-refractivity contribution is -0.132. The molecule has 0 aromatic carbocycles. The van der Waals surface area contributed by atoms with Gasteiger partial charge in [0.2, 0.25) is 5.91 Å². The van der Waals surface area contributed by atoms with Crippen molar-refractivity contribution < 1.29 is 9.59 Å². The van der Waals surface area contributed by atoms with Crippen molar-refractivity contribution in [2.45, 2.75) is 32.7 Å². The normalized spacial score (nSPS) is 19.5. The van der Waals surface area contributed by atoms with E-state index in [0.29, 0.717) is 25.2 Å². The Hall–Kier alpha value is -1.85. The Labute approximate surface area is 124 Å². The molecule has 0 radical (unpaired) electrons. The van der Waals surface area contributed by atoms with Crippen LogP contribution in [-0.2, 0) is 11.3 Å². The van der Waals surface area contributed by atoms with Crippen molar-refractivity contribution in [3.8, 4) is 0 Å². The number of nitrogens with zero attached hydrogens (tertiary/aromatic N) is 4. The van der Waals surface area contributed by atoms with E-state index in [0.717, 1.165) is 32.4 Å². The molecule has 0 atom stereocenters. The summed E-state index contributed by atoms with van der Waals surface area (Å²) in [6, 6.07) is 0. The van der Waals surface area contributed by atoms with Crippen LogP contribution in [0.2, 0.25) is 0 Å². The fourth-order valence-corrected chi connectivity index (χ4v) is 2.76. The zero-order chi connectivity index (χ0) is 14.8. The van der Waals surface area contributed by atoms with Gasteiger partial charge in [-0.3, -0.25) is 14.3 Å². The van der Waals surface area contributed by atoms with Crippen LogP contribution in [0.1, 0.15) is 36.5 Å². The van der Waals surface area contributed by atoms with Crippen molar-refractivity contribution in [1.82, 2.24) is 19.6 Å². The minimum absolute atomic E-state index is 0.0235. The van der Waals surface area contributed by atoms with Crippen molar-refractivity contribution >= 4 is 11.8 Å². The Morgan fingerprint density at radius 1 is 1.19 bits per heavy atom. The van der Waals surface area contributed by atoms with Crippen LogP contribution in [0.15, 0.2) is 12.4 Å². The van der Waals surface area contributed by atoms with Crippen molar-refractivity contribution in [2.24, 2.45) is 5.92 Å². The van der Waals surface area contributed by atoms with Crippen LogP contribution < -0.4 is 0 Å². The third-order valence-electron chi connectivity index (χ3n) is 4.23. The van der Waals surface area contributed by atoms with Gasteiger partial charge in [-0.25, -0.2) is 0 Å². The molecule has 1 aliphatic heterocycles. The summed E-state index contributed by atoms with van der Waals surface area (Å²) in [6.45, 7) is 5.51. The molecule has 2 aliphatic rings. The molecule has 21 heavy (non-hydrogen) atoms. The molecular formula is C15H22N4O2. The molecule has 1 aliphatic carbocycles. The van der Waals surface area contributed by atoms with E-state index < -0.39 is 0 Å². The van der Waals surface area contributed by atoms with Gasteiger partial charge in [-0.1, -0.05) is 0 Å². The van der Waals surface area contributed by atoms with E-state index in [9.17, 15) is 9.59 Å². The molecule has 6 nitrogen and oxygen atoms in total. The van der Waals surface area contributed by atoms with Crippen LogP contribution in [0.3, 0.4) is 0 Å². The number of carbonyl (C=O) groups excluding carboxylic acids is 2. The summed E-state index contributed by atoms with van der Waals surface area (Å²) in [6.07, 6.45) is 6.35. The minimum atomic E-state index is 0.0235. The molecule has 0 unspecified atom stereocenters. The molecule has 6 heteroatoms. The summed E-state index contributed by atoms with van der Waals surface area (Å²) in [5, 5.41) is 4.15. The van der Waals surface area contributed by atoms with E-state index in [1.807, 2.05) is 16.7 Å². The van der Waals surface area contributed by atoms with E-state index in [4.69, 9.17) is 0 Å². The Morgan fingerprint density at radius 2 is 1.90 bits per heavy atom. The van der Waals surface area contributed by atoms with Gasteiger partial charge in [0.1, 0.15) is 0 Å². The molecule has 2 fully saturated rings. The third kappa shape index (κ3) is 3.09. The summed E-state index contributed by atoms with van der Waals surface area (Å²) >= 11 is 0. The van der Waals surface area contributed by atoms with Crippen LogP contribution in [0, 0.1) is 5.92 Å². The molecule has 1 saturated heterocycles. The van der Waals surface area contributed by atoms with E-state index in [2.05, 4.69) is 5.10 Å². The van der Waals surface area contributed by atoms with Gasteiger partial charge in [-0.05, 0) is 26.2 Å². The summed E-state index contributed by atoms with van der Waals surface area (Å²) in [5.41, 5.74) is 0.638. The number of aryl methyl sites for hydroxylation is 1. The van der Waals surface area contributed by atoms with Gasteiger partial charge in [0.15, 0.2) is 0 Å². The van der Waals surface area contributed by atoms with Crippen molar-refractivity contribution in [3.05, 3.63) is 18.0 Å². The number of rotatable bonds is 3. The summed E-state index contributed by atoms with van der Waals surface area (Å²) in [5.74, 6) is 0.563. The molecule has 2 amide bonds. The maximum absolute atomic E-state index is 12.5. The smallest absolute Gasteiger partial charge is 0.257 e. The molecule has 0 N–H and O–H groups in total. The second-order valence-corrected chi connectivity index (χ2v) is 5.83. The van der Waals surface area contributed by atoms with Crippen LogP contribution in [0.25, 0.3) is 0 Å². The standard InChI is InChI=1S/C15H22N4O2/c1-2-19-11-13(10-16-19)15(21)18-7-3-6-17(8-9-18)14(20)12-4-5-12/h10-12H,2-9H2,1H3. The molecule has 1 aromatic heterocycles. The molecule has 1 saturated carbocycles. The number of hydrogen-bond acceptors (Lipinski definition) is 3. The summed E-state index contributed by atoms with van der Waals surface area (Å²) < 4.78 is 1.76. The maximum atomic E-state index is 12.5. The van der Waals surface area contributed by atoms with Gasteiger partial charge >= 0.3 is 0 Å². The van der Waals surface area contributed by atoms with Gasteiger partial charge in [0, 0.05) is 44.8 Å². The van der Waals surface area contributed by atoms with Crippen LogP contribution in [0.5, 0.6) is 0 Å². The first-order valence-corrected chi connectivity index (χ1v) is 7.79. The predicted octanol–water partition coefficient (Wildman–Crippen LogP) is 0.987. The Morgan fingerprint density at radius 3 is 2.57 bits per heavy atom. The molecular weight excluding hydrogens is 268 g/mol. The average molecular weight is 290 g/mol. The summed E-state index contributed by atoms with van der Waals surface area (Å²) in [4.78, 5) is 28.4. The highest BCUT2D eigenvalue weighted by atomic mass is 16.2. The fourth-order valence-electron chi connectivity index (χ4n) is 2.76. The molecule has 3 rings (SSSR count). The lowest BCUT2D eigenvalue weighted by Gasteiger charge is -2.21. The highest BCUT2D eigenvalue weighted by Gasteiger charge is 2.34. The van der Waals surface area contributed by atoms with Crippen LogP contribution in [0.4, 0.5) is 0 Å². The monoisotopic (exact) mass is 290 g/mol. The van der Waals surface area contributed by atoms with E-state index in [1.54, 1.807) is 17.1 Å². The van der Waals surface area contributed by atoms with Gasteiger partial charge in [-0.2, -0.15) is 5.10 Å². The highest BCUT2D eigenvalue weighted by molar-refractivity contribution is 5.93. The highest BCUT2D eigenvalue weighted by Crippen LogP contribution is 2.31. The van der Waals surface area contributed by atoms with Gasteiger partial charge in [0.05, 0.1) is 11.8 Å². The molecule has 0 spiro atoms.